The van der Waals surface area contributed by atoms with E-state index in [2.05, 4.69) is 16.0 Å². The Kier molecular flexibility index (Phi) is 7.30. The number of nitrogens with zero attached hydrogens (tertiary/aromatic N) is 1. The van der Waals surface area contributed by atoms with E-state index in [9.17, 15) is 24.0 Å². The van der Waals surface area contributed by atoms with Gasteiger partial charge in [-0.15, -0.1) is 0 Å². The van der Waals surface area contributed by atoms with Gasteiger partial charge in [0.2, 0.25) is 11.8 Å². The molecule has 10 nitrogen and oxygen atoms in total. The van der Waals surface area contributed by atoms with E-state index < -0.39 is 36.0 Å². The minimum atomic E-state index is -0.617. The molecule has 0 atom stereocenters. The smallest absolute Gasteiger partial charge is 0.407 e. The lowest BCUT2D eigenvalue weighted by atomic mass is 10.1. The number of alkyl carbamates (subject to hydrolysis) is 1. The number of fused-ring (bicyclic) bond motifs is 1. The van der Waals surface area contributed by atoms with Crippen LogP contribution in [0.1, 0.15) is 47.9 Å². The molecular formula is C24H26N4O6. The fraction of sp³-hybridized carbons (Fsp3) is 0.292. The van der Waals surface area contributed by atoms with Crippen molar-refractivity contribution in [3.05, 3.63) is 59.7 Å². The van der Waals surface area contributed by atoms with Gasteiger partial charge in [0, 0.05) is 24.3 Å². The van der Waals surface area contributed by atoms with Crippen molar-refractivity contribution in [1.29, 1.82) is 0 Å². The molecule has 0 radical (unpaired) electrons. The number of imide groups is 1. The first kappa shape index (κ1) is 24.4. The highest BCUT2D eigenvalue weighted by Crippen LogP contribution is 2.22. The van der Waals surface area contributed by atoms with Gasteiger partial charge in [-0.2, -0.15) is 0 Å². The second-order valence-electron chi connectivity index (χ2n) is 8.59. The molecule has 1 aliphatic rings. The van der Waals surface area contributed by atoms with Crippen LogP contribution < -0.4 is 16.0 Å². The van der Waals surface area contributed by atoms with Crippen LogP contribution >= 0.6 is 0 Å². The third-order valence-electron chi connectivity index (χ3n) is 4.65. The standard InChI is InChI=1S/C24H26N4O6/c1-24(2,3)34-23(33)25-13-12-19(29)26-15-8-10-16(11-9-15)27-20(30)14-28-21(31)17-6-4-5-7-18(17)22(28)32/h4-11H,12-14H2,1-3H3,(H,25,33)(H,26,29)(H,27,30). The number of ether oxygens (including phenoxy) is 1. The second kappa shape index (κ2) is 10.2. The molecule has 34 heavy (non-hydrogen) atoms. The van der Waals surface area contributed by atoms with Gasteiger partial charge < -0.3 is 20.7 Å². The molecule has 3 N–H and O–H groups in total. The molecule has 0 spiro atoms. The van der Waals surface area contributed by atoms with Crippen LogP contribution in [0, 0.1) is 0 Å². The molecule has 10 heteroatoms. The first-order valence-corrected chi connectivity index (χ1v) is 10.7. The number of hydrogen-bond acceptors (Lipinski definition) is 6. The van der Waals surface area contributed by atoms with E-state index in [1.165, 1.54) is 0 Å². The Morgan fingerprint density at radius 2 is 1.32 bits per heavy atom. The predicted molar refractivity (Wildman–Crippen MR) is 124 cm³/mol. The van der Waals surface area contributed by atoms with Crippen LogP contribution in [0.25, 0.3) is 0 Å². The van der Waals surface area contributed by atoms with Gasteiger partial charge in [-0.05, 0) is 57.2 Å². The molecular weight excluding hydrogens is 440 g/mol. The average molecular weight is 466 g/mol. The number of benzene rings is 2. The topological polar surface area (TPSA) is 134 Å². The van der Waals surface area contributed by atoms with Crippen molar-refractivity contribution in [1.82, 2.24) is 10.2 Å². The Hall–Kier alpha value is -4.21. The summed E-state index contributed by atoms with van der Waals surface area (Å²) in [4.78, 5) is 61.6. The van der Waals surface area contributed by atoms with Crippen LogP contribution in [0.2, 0.25) is 0 Å². The van der Waals surface area contributed by atoms with E-state index >= 15 is 0 Å². The van der Waals surface area contributed by atoms with Crippen LogP contribution in [0.5, 0.6) is 0 Å². The molecule has 1 aliphatic heterocycles. The van der Waals surface area contributed by atoms with E-state index in [1.807, 2.05) is 0 Å². The van der Waals surface area contributed by atoms with Gasteiger partial charge in [-0.1, -0.05) is 12.1 Å². The van der Waals surface area contributed by atoms with Gasteiger partial charge in [-0.3, -0.25) is 24.1 Å². The lowest BCUT2D eigenvalue weighted by Crippen LogP contribution is -2.37. The summed E-state index contributed by atoms with van der Waals surface area (Å²) in [5.74, 6) is -1.84. The van der Waals surface area contributed by atoms with E-state index in [1.54, 1.807) is 69.3 Å². The quantitative estimate of drug-likeness (QED) is 0.537. The van der Waals surface area contributed by atoms with Crippen molar-refractivity contribution in [2.45, 2.75) is 32.8 Å². The van der Waals surface area contributed by atoms with Gasteiger partial charge >= 0.3 is 6.09 Å². The summed E-state index contributed by atoms with van der Waals surface area (Å²) in [7, 11) is 0. The Morgan fingerprint density at radius 3 is 1.82 bits per heavy atom. The van der Waals surface area contributed by atoms with E-state index in [0.29, 0.717) is 11.4 Å². The molecule has 0 unspecified atom stereocenters. The van der Waals surface area contributed by atoms with E-state index in [0.717, 1.165) is 4.90 Å². The van der Waals surface area contributed by atoms with Crippen molar-refractivity contribution < 1.29 is 28.7 Å². The molecule has 0 aromatic heterocycles. The fourth-order valence-corrected chi connectivity index (χ4v) is 3.18. The van der Waals surface area contributed by atoms with E-state index in [4.69, 9.17) is 4.74 Å². The van der Waals surface area contributed by atoms with Gasteiger partial charge in [0.25, 0.3) is 11.8 Å². The van der Waals surface area contributed by atoms with Crippen LogP contribution in [0.3, 0.4) is 0 Å². The van der Waals surface area contributed by atoms with Crippen molar-refractivity contribution in [3.8, 4) is 0 Å². The number of carbonyl (C=O) groups excluding carboxylic acids is 5. The molecule has 0 bridgehead atoms. The maximum Gasteiger partial charge on any atom is 0.407 e. The third kappa shape index (κ3) is 6.41. The van der Waals surface area contributed by atoms with Crippen molar-refractivity contribution in [2.24, 2.45) is 0 Å². The third-order valence-corrected chi connectivity index (χ3v) is 4.65. The zero-order valence-electron chi connectivity index (χ0n) is 19.1. The molecule has 0 aliphatic carbocycles. The van der Waals surface area contributed by atoms with Gasteiger partial charge in [0.15, 0.2) is 0 Å². The lowest BCUT2D eigenvalue weighted by Gasteiger charge is -2.19. The molecule has 178 valence electrons. The zero-order valence-corrected chi connectivity index (χ0v) is 19.1. The highest BCUT2D eigenvalue weighted by Gasteiger charge is 2.36. The first-order chi connectivity index (χ1) is 16.0. The molecule has 2 aromatic carbocycles. The van der Waals surface area contributed by atoms with Gasteiger partial charge in [0.1, 0.15) is 12.1 Å². The van der Waals surface area contributed by atoms with Crippen molar-refractivity contribution >= 4 is 41.1 Å². The summed E-state index contributed by atoms with van der Waals surface area (Å²) < 4.78 is 5.10. The predicted octanol–water partition coefficient (Wildman–Crippen LogP) is 2.77. The molecule has 0 saturated heterocycles. The second-order valence-corrected chi connectivity index (χ2v) is 8.59. The molecule has 0 fully saturated rings. The van der Waals surface area contributed by atoms with Crippen LogP contribution in [-0.2, 0) is 14.3 Å². The van der Waals surface area contributed by atoms with Crippen molar-refractivity contribution in [2.75, 3.05) is 23.7 Å². The normalized spacial score (nSPS) is 12.7. The number of anilines is 2. The largest absolute Gasteiger partial charge is 0.444 e. The molecule has 1 heterocycles. The molecule has 5 amide bonds. The fourth-order valence-electron chi connectivity index (χ4n) is 3.18. The Morgan fingerprint density at radius 1 is 0.824 bits per heavy atom. The Labute approximate surface area is 196 Å². The first-order valence-electron chi connectivity index (χ1n) is 10.7. The zero-order chi connectivity index (χ0) is 24.9. The highest BCUT2D eigenvalue weighted by molar-refractivity contribution is 6.22. The molecule has 0 saturated carbocycles. The number of amides is 5. The summed E-state index contributed by atoms with van der Waals surface area (Å²) in [6, 6.07) is 12.8. The van der Waals surface area contributed by atoms with Crippen molar-refractivity contribution in [3.63, 3.8) is 0 Å². The summed E-state index contributed by atoms with van der Waals surface area (Å²) in [6.07, 6.45) is -0.542. The Balaban J connectivity index is 1.44. The Bertz CT molecular complexity index is 1090. The number of rotatable bonds is 7. The number of nitrogens with one attached hydrogen (secondary N) is 3. The molecule has 2 aromatic rings. The SMILES string of the molecule is CC(C)(C)OC(=O)NCCC(=O)Nc1ccc(NC(=O)CN2C(=O)c3ccccc3C2=O)cc1. The summed E-state index contributed by atoms with van der Waals surface area (Å²) in [6.45, 7) is 4.95. The van der Waals surface area contributed by atoms with Crippen LogP contribution in [-0.4, -0.2) is 53.3 Å². The highest BCUT2D eigenvalue weighted by atomic mass is 16.6. The average Bonchev–Trinajstić information content (AvgIpc) is 2.99. The maximum atomic E-state index is 12.4. The summed E-state index contributed by atoms with van der Waals surface area (Å²) in [5, 5.41) is 7.81. The summed E-state index contributed by atoms with van der Waals surface area (Å²) >= 11 is 0. The minimum Gasteiger partial charge on any atom is -0.444 e. The maximum absolute atomic E-state index is 12.4. The monoisotopic (exact) mass is 466 g/mol. The lowest BCUT2D eigenvalue weighted by molar-refractivity contribution is -0.117. The van der Waals surface area contributed by atoms with Gasteiger partial charge in [-0.25, -0.2) is 4.79 Å². The van der Waals surface area contributed by atoms with Crippen LogP contribution in [0.4, 0.5) is 16.2 Å². The van der Waals surface area contributed by atoms with Gasteiger partial charge in [0.05, 0.1) is 11.1 Å². The van der Waals surface area contributed by atoms with E-state index in [-0.39, 0.29) is 30.0 Å². The minimum absolute atomic E-state index is 0.0536. The number of hydrogen-bond donors (Lipinski definition) is 3. The number of carbonyl (C=O) groups is 5. The molecule has 3 rings (SSSR count). The van der Waals surface area contributed by atoms with Crippen LogP contribution in [0.15, 0.2) is 48.5 Å². The summed E-state index contributed by atoms with van der Waals surface area (Å²) in [5.41, 5.74) is 0.879.